The number of hydrogen-bond acceptors (Lipinski definition) is 7. The molecule has 2 amide bonds. The number of amides is 2. The number of para-hydroxylation sites is 1. The number of hydrogen-bond donors (Lipinski definition) is 2. The number of aromatic nitrogens is 2. The van der Waals surface area contributed by atoms with Crippen LogP contribution >= 0.6 is 0 Å². The predicted octanol–water partition coefficient (Wildman–Crippen LogP) is 6.60. The standard InChI is InChI=1S/C36H44N6O5/c1-4-5-6-7-8-12-23-47-36(45)40-34(37)26-15-18-28(19-16-26)38-25-32-39-30-24-27(17-20-31(30)41(32)2)35(44)42(22-21-33(43)46-3)29-13-10-9-11-14-29/h9-11,13-20,24,38H,4-8,12,21-23,25H2,1-3H3,(H2,37,40,45). The van der Waals surface area contributed by atoms with E-state index in [1.165, 1.54) is 26.4 Å². The fourth-order valence-electron chi connectivity index (χ4n) is 5.13. The number of fused-ring (bicyclic) bond motifs is 1. The Balaban J connectivity index is 1.36. The highest BCUT2D eigenvalue weighted by Gasteiger charge is 2.20. The second kappa shape index (κ2) is 17.5. The van der Waals surface area contributed by atoms with Crippen LogP contribution in [0.2, 0.25) is 0 Å². The monoisotopic (exact) mass is 640 g/mol. The van der Waals surface area contributed by atoms with Crippen molar-refractivity contribution in [3.05, 3.63) is 89.7 Å². The predicted molar refractivity (Wildman–Crippen MR) is 185 cm³/mol. The Hall–Kier alpha value is -5.19. The van der Waals surface area contributed by atoms with E-state index in [0.717, 1.165) is 36.3 Å². The number of imidazole rings is 1. The molecular weight excluding hydrogens is 596 g/mol. The molecular formula is C36H44N6O5. The average Bonchev–Trinajstić information content (AvgIpc) is 3.41. The van der Waals surface area contributed by atoms with Crippen molar-refractivity contribution in [1.29, 1.82) is 0 Å². The average molecular weight is 641 g/mol. The zero-order chi connectivity index (χ0) is 33.6. The van der Waals surface area contributed by atoms with Crippen LogP contribution in [-0.2, 0) is 27.9 Å². The number of unbranched alkanes of at least 4 members (excludes halogenated alkanes) is 5. The van der Waals surface area contributed by atoms with Crippen molar-refractivity contribution in [3.63, 3.8) is 0 Å². The second-order valence-electron chi connectivity index (χ2n) is 11.2. The number of benzene rings is 3. The van der Waals surface area contributed by atoms with E-state index in [4.69, 9.17) is 20.2 Å². The summed E-state index contributed by atoms with van der Waals surface area (Å²) in [6.45, 7) is 3.13. The highest BCUT2D eigenvalue weighted by atomic mass is 16.5. The van der Waals surface area contributed by atoms with Crippen molar-refractivity contribution in [1.82, 2.24) is 9.55 Å². The number of methoxy groups -OCH3 is 1. The minimum absolute atomic E-state index is 0.0744. The number of amidine groups is 1. The van der Waals surface area contributed by atoms with Crippen LogP contribution in [0.1, 0.15) is 73.6 Å². The molecule has 11 nitrogen and oxygen atoms in total. The number of nitrogens with zero attached hydrogens (tertiary/aromatic N) is 4. The number of nitrogens with one attached hydrogen (secondary N) is 1. The van der Waals surface area contributed by atoms with Crippen LogP contribution in [0, 0.1) is 0 Å². The first-order valence-electron chi connectivity index (χ1n) is 16.0. The van der Waals surface area contributed by atoms with E-state index >= 15 is 0 Å². The summed E-state index contributed by atoms with van der Waals surface area (Å²) in [5.41, 5.74) is 10.2. The zero-order valence-corrected chi connectivity index (χ0v) is 27.4. The summed E-state index contributed by atoms with van der Waals surface area (Å²) in [7, 11) is 3.25. The summed E-state index contributed by atoms with van der Waals surface area (Å²) in [6, 6.07) is 21.9. The Morgan fingerprint density at radius 2 is 1.64 bits per heavy atom. The fraction of sp³-hybridized carbons (Fsp3) is 0.361. The molecule has 1 heterocycles. The van der Waals surface area contributed by atoms with Crippen LogP contribution < -0.4 is 16.0 Å². The Kier molecular flexibility index (Phi) is 12.9. The molecule has 0 aliphatic rings. The van der Waals surface area contributed by atoms with Crippen molar-refractivity contribution in [2.24, 2.45) is 17.8 Å². The van der Waals surface area contributed by atoms with Gasteiger partial charge in [0.25, 0.3) is 5.91 Å². The largest absolute Gasteiger partial charge is 0.469 e. The van der Waals surface area contributed by atoms with E-state index in [1.807, 2.05) is 60.1 Å². The van der Waals surface area contributed by atoms with Gasteiger partial charge in [-0.2, -0.15) is 4.99 Å². The molecule has 3 N–H and O–H groups in total. The Bertz CT molecular complexity index is 1670. The molecule has 0 radical (unpaired) electrons. The van der Waals surface area contributed by atoms with Crippen molar-refractivity contribution in [3.8, 4) is 0 Å². The second-order valence-corrected chi connectivity index (χ2v) is 11.2. The molecule has 4 aromatic rings. The van der Waals surface area contributed by atoms with Crippen molar-refractivity contribution in [2.45, 2.75) is 58.4 Å². The number of ether oxygens (including phenoxy) is 2. The van der Waals surface area contributed by atoms with Crippen molar-refractivity contribution >= 4 is 46.2 Å². The van der Waals surface area contributed by atoms with Crippen LogP contribution in [0.5, 0.6) is 0 Å². The van der Waals surface area contributed by atoms with E-state index in [9.17, 15) is 14.4 Å². The van der Waals surface area contributed by atoms with Gasteiger partial charge in [0.2, 0.25) is 0 Å². The van der Waals surface area contributed by atoms with E-state index in [-0.39, 0.29) is 30.7 Å². The highest BCUT2D eigenvalue weighted by Crippen LogP contribution is 2.22. The first-order valence-corrected chi connectivity index (χ1v) is 16.0. The van der Waals surface area contributed by atoms with Gasteiger partial charge < -0.3 is 30.0 Å². The normalized spacial score (nSPS) is 11.3. The minimum atomic E-state index is -0.682. The third-order valence-electron chi connectivity index (χ3n) is 7.87. The first-order chi connectivity index (χ1) is 22.8. The molecule has 1 aromatic heterocycles. The third kappa shape index (κ3) is 9.90. The molecule has 47 heavy (non-hydrogen) atoms. The highest BCUT2D eigenvalue weighted by molar-refractivity contribution is 6.08. The molecule has 0 bridgehead atoms. The van der Waals surface area contributed by atoms with Crippen LogP contribution in [0.4, 0.5) is 16.2 Å². The minimum Gasteiger partial charge on any atom is -0.469 e. The van der Waals surface area contributed by atoms with Gasteiger partial charge in [0.15, 0.2) is 0 Å². The number of aliphatic imine (C=N–C) groups is 1. The fourth-order valence-corrected chi connectivity index (χ4v) is 5.13. The smallest absolute Gasteiger partial charge is 0.435 e. The Morgan fingerprint density at radius 3 is 2.36 bits per heavy atom. The number of rotatable bonds is 16. The summed E-state index contributed by atoms with van der Waals surface area (Å²) in [4.78, 5) is 47.7. The molecule has 3 aromatic carbocycles. The lowest BCUT2D eigenvalue weighted by Crippen LogP contribution is -2.33. The van der Waals surface area contributed by atoms with Gasteiger partial charge in [0.05, 0.1) is 37.7 Å². The molecule has 4 rings (SSSR count). The summed E-state index contributed by atoms with van der Waals surface area (Å²) < 4.78 is 12.0. The van der Waals surface area contributed by atoms with Crippen LogP contribution in [0.25, 0.3) is 11.0 Å². The summed E-state index contributed by atoms with van der Waals surface area (Å²) in [6.07, 6.45) is 6.03. The topological polar surface area (TPSA) is 141 Å². The molecule has 0 unspecified atom stereocenters. The number of carbonyl (C=O) groups is 3. The molecule has 0 saturated carbocycles. The molecule has 0 atom stereocenters. The van der Waals surface area contributed by atoms with Crippen LogP contribution in [-0.4, -0.2) is 53.6 Å². The van der Waals surface area contributed by atoms with Gasteiger partial charge in [-0.05, 0) is 61.0 Å². The molecule has 11 heteroatoms. The number of aryl methyl sites for hydroxylation is 1. The maximum absolute atomic E-state index is 13.6. The maximum atomic E-state index is 13.6. The van der Waals surface area contributed by atoms with Gasteiger partial charge in [-0.25, -0.2) is 9.78 Å². The van der Waals surface area contributed by atoms with E-state index < -0.39 is 6.09 Å². The van der Waals surface area contributed by atoms with E-state index in [2.05, 4.69) is 17.2 Å². The SMILES string of the molecule is CCCCCCCCOC(=O)N=C(N)c1ccc(NCc2nc3cc(C(=O)N(CCC(=O)OC)c4ccccc4)ccc3n2C)cc1. The van der Waals surface area contributed by atoms with Crippen molar-refractivity contribution in [2.75, 3.05) is 30.5 Å². The van der Waals surface area contributed by atoms with Gasteiger partial charge >= 0.3 is 12.1 Å². The lowest BCUT2D eigenvalue weighted by molar-refractivity contribution is -0.140. The number of carbonyl (C=O) groups excluding carboxylic acids is 3. The summed E-state index contributed by atoms with van der Waals surface area (Å²) in [5.74, 6) is 0.247. The van der Waals surface area contributed by atoms with Gasteiger partial charge in [-0.1, -0.05) is 57.2 Å². The van der Waals surface area contributed by atoms with Gasteiger partial charge in [0, 0.05) is 36.1 Å². The van der Waals surface area contributed by atoms with Gasteiger partial charge in [-0.15, -0.1) is 0 Å². The molecule has 248 valence electrons. The Morgan fingerprint density at radius 1 is 0.936 bits per heavy atom. The Labute approximate surface area is 275 Å². The number of nitrogens with two attached hydrogens (primary N) is 1. The lowest BCUT2D eigenvalue weighted by Gasteiger charge is -2.22. The molecule has 0 spiro atoms. The zero-order valence-electron chi connectivity index (χ0n) is 27.4. The molecule has 0 saturated heterocycles. The van der Waals surface area contributed by atoms with Gasteiger partial charge in [0.1, 0.15) is 11.7 Å². The first kappa shape index (κ1) is 34.7. The molecule has 0 aliphatic heterocycles. The van der Waals surface area contributed by atoms with Crippen LogP contribution in [0.3, 0.4) is 0 Å². The molecule has 0 fully saturated rings. The van der Waals surface area contributed by atoms with E-state index in [0.29, 0.717) is 35.5 Å². The maximum Gasteiger partial charge on any atom is 0.435 e. The molecule has 0 aliphatic carbocycles. The third-order valence-corrected chi connectivity index (χ3v) is 7.87. The number of esters is 1. The van der Waals surface area contributed by atoms with Crippen LogP contribution in [0.15, 0.2) is 77.8 Å². The van der Waals surface area contributed by atoms with Gasteiger partial charge in [-0.3, -0.25) is 9.59 Å². The van der Waals surface area contributed by atoms with E-state index in [1.54, 1.807) is 29.2 Å². The number of anilines is 2. The lowest BCUT2D eigenvalue weighted by atomic mass is 10.1. The summed E-state index contributed by atoms with van der Waals surface area (Å²) in [5, 5.41) is 3.36. The van der Waals surface area contributed by atoms with Crippen molar-refractivity contribution < 1.29 is 23.9 Å². The summed E-state index contributed by atoms with van der Waals surface area (Å²) >= 11 is 0. The quantitative estimate of drug-likeness (QED) is 0.0604.